The molecule has 0 N–H and O–H groups in total. The molecule has 0 fully saturated rings. The molecule has 28 heavy (non-hydrogen) atoms. The topological polar surface area (TPSA) is 85.9 Å². The van der Waals surface area contributed by atoms with E-state index in [9.17, 15) is 26.4 Å². The summed E-state index contributed by atoms with van der Waals surface area (Å²) >= 11 is 0. The molecule has 0 saturated carbocycles. The van der Waals surface area contributed by atoms with Crippen molar-refractivity contribution in [3.63, 3.8) is 0 Å². The van der Waals surface area contributed by atoms with E-state index in [-0.39, 0.29) is 17.4 Å². The molecule has 1 heterocycles. The highest BCUT2D eigenvalue weighted by molar-refractivity contribution is 7.86. The molecule has 10 heteroatoms. The van der Waals surface area contributed by atoms with Gasteiger partial charge in [-0.3, -0.25) is 4.28 Å². The molecule has 0 aliphatic carbocycles. The lowest BCUT2D eigenvalue weighted by Gasteiger charge is -2.10. The first-order chi connectivity index (χ1) is 13.1. The fourth-order valence-electron chi connectivity index (χ4n) is 2.67. The van der Waals surface area contributed by atoms with Gasteiger partial charge in [-0.15, -0.1) is 0 Å². The number of fused-ring (bicyclic) bond motifs is 3. The molecule has 0 aliphatic rings. The normalized spacial score (nSPS) is 13.2. The van der Waals surface area contributed by atoms with Crippen LogP contribution >= 0.6 is 0 Å². The maximum atomic E-state index is 13.5. The minimum absolute atomic E-state index is 0.0912. The fourth-order valence-corrected chi connectivity index (χ4v) is 3.43. The van der Waals surface area contributed by atoms with E-state index in [4.69, 9.17) is 4.42 Å². The number of alkyl halides is 3. The first-order valence-electron chi connectivity index (χ1n) is 8.15. The zero-order chi connectivity index (χ0) is 20.5. The molecular weight excluding hydrogens is 399 g/mol. The second kappa shape index (κ2) is 7.27. The Hall–Kier alpha value is -2.88. The van der Waals surface area contributed by atoms with Crippen molar-refractivity contribution in [3.8, 4) is 0 Å². The Morgan fingerprint density at radius 1 is 1.14 bits per heavy atom. The van der Waals surface area contributed by atoms with Gasteiger partial charge in [-0.2, -0.15) is 21.6 Å². The maximum Gasteiger partial charge on any atom is 0.437 e. The number of hydrogen-bond donors (Lipinski definition) is 0. The predicted molar refractivity (Wildman–Crippen MR) is 97.7 cm³/mol. The van der Waals surface area contributed by atoms with E-state index in [0.29, 0.717) is 5.39 Å². The second-order valence-corrected chi connectivity index (χ2v) is 7.59. The van der Waals surface area contributed by atoms with Gasteiger partial charge in [0.05, 0.1) is 11.3 Å². The molecular formula is C18H14F3NO5S. The summed E-state index contributed by atoms with van der Waals surface area (Å²) in [4.78, 5) is 12.2. The highest BCUT2D eigenvalue weighted by Gasteiger charge is 2.40. The monoisotopic (exact) mass is 413 g/mol. The van der Waals surface area contributed by atoms with Crippen LogP contribution in [0.4, 0.5) is 13.2 Å². The summed E-state index contributed by atoms with van der Waals surface area (Å²) in [5.74, 6) is -0.515. The number of oxime groups is 1. The van der Waals surface area contributed by atoms with Gasteiger partial charge in [-0.05, 0) is 29.3 Å². The van der Waals surface area contributed by atoms with E-state index in [1.165, 1.54) is 13.0 Å². The third-order valence-electron chi connectivity index (χ3n) is 3.86. The summed E-state index contributed by atoms with van der Waals surface area (Å²) in [5, 5.41) is 4.28. The smallest absolute Gasteiger partial charge is 0.422 e. The Morgan fingerprint density at radius 3 is 2.54 bits per heavy atom. The zero-order valence-electron chi connectivity index (χ0n) is 14.5. The van der Waals surface area contributed by atoms with E-state index in [0.717, 1.165) is 11.5 Å². The van der Waals surface area contributed by atoms with Crippen molar-refractivity contribution in [1.82, 2.24) is 0 Å². The molecule has 2 aromatic carbocycles. The van der Waals surface area contributed by atoms with Crippen LogP contribution in [0.1, 0.15) is 18.9 Å². The van der Waals surface area contributed by atoms with Crippen LogP contribution in [-0.2, 0) is 14.4 Å². The Balaban J connectivity index is 2.24. The highest BCUT2D eigenvalue weighted by atomic mass is 32.2. The van der Waals surface area contributed by atoms with Gasteiger partial charge in [-0.1, -0.05) is 42.4 Å². The van der Waals surface area contributed by atoms with E-state index in [1.807, 2.05) is 0 Å². The lowest BCUT2D eigenvalue weighted by Crippen LogP contribution is -2.30. The van der Waals surface area contributed by atoms with Crippen molar-refractivity contribution in [3.05, 3.63) is 58.4 Å². The maximum absolute atomic E-state index is 13.5. The van der Waals surface area contributed by atoms with Crippen LogP contribution in [0.3, 0.4) is 0 Å². The van der Waals surface area contributed by atoms with Gasteiger partial charge in [0.1, 0.15) is 5.58 Å². The molecule has 0 atom stereocenters. The largest absolute Gasteiger partial charge is 0.437 e. The molecule has 3 rings (SSSR count). The SMILES string of the molecule is CCCS(=O)(=O)O/N=C(\c1cc2c(ccc3ccccc32)oc1=O)C(F)(F)F. The van der Waals surface area contributed by atoms with Crippen molar-refractivity contribution >= 4 is 37.6 Å². The Labute approximate surface area is 157 Å². The Kier molecular flexibility index (Phi) is 5.16. The van der Waals surface area contributed by atoms with Crippen molar-refractivity contribution < 1.29 is 30.3 Å². The molecule has 1 aromatic heterocycles. The van der Waals surface area contributed by atoms with Gasteiger partial charge in [0.25, 0.3) is 0 Å². The van der Waals surface area contributed by atoms with Crippen molar-refractivity contribution in [2.45, 2.75) is 19.5 Å². The number of halogens is 3. The molecule has 0 spiro atoms. The van der Waals surface area contributed by atoms with Crippen molar-refractivity contribution in [2.24, 2.45) is 5.16 Å². The second-order valence-electron chi connectivity index (χ2n) is 5.92. The predicted octanol–water partition coefficient (Wildman–Crippen LogP) is 3.97. The minimum atomic E-state index is -5.14. The van der Waals surface area contributed by atoms with Crippen LogP contribution in [0.25, 0.3) is 21.7 Å². The van der Waals surface area contributed by atoms with Gasteiger partial charge in [0.15, 0.2) is 5.71 Å². The first kappa shape index (κ1) is 19.9. The van der Waals surface area contributed by atoms with E-state index < -0.39 is 38.9 Å². The van der Waals surface area contributed by atoms with Crippen LogP contribution < -0.4 is 5.63 Å². The molecule has 6 nitrogen and oxygen atoms in total. The fraction of sp³-hybridized carbons (Fsp3) is 0.222. The van der Waals surface area contributed by atoms with E-state index in [2.05, 4.69) is 9.44 Å². The van der Waals surface area contributed by atoms with E-state index >= 15 is 0 Å². The summed E-state index contributed by atoms with van der Waals surface area (Å²) < 4.78 is 72.7. The van der Waals surface area contributed by atoms with Crippen LogP contribution in [0.15, 0.2) is 56.8 Å². The van der Waals surface area contributed by atoms with Crippen LogP contribution in [0.2, 0.25) is 0 Å². The lowest BCUT2D eigenvalue weighted by atomic mass is 10.0. The molecule has 0 radical (unpaired) electrons. The summed E-state index contributed by atoms with van der Waals surface area (Å²) in [6, 6.07) is 11.0. The van der Waals surface area contributed by atoms with Gasteiger partial charge in [0, 0.05) is 5.39 Å². The van der Waals surface area contributed by atoms with Crippen molar-refractivity contribution in [1.29, 1.82) is 0 Å². The Bertz CT molecular complexity index is 1230. The lowest BCUT2D eigenvalue weighted by molar-refractivity contribution is -0.0598. The zero-order valence-corrected chi connectivity index (χ0v) is 15.3. The minimum Gasteiger partial charge on any atom is -0.422 e. The molecule has 0 unspecified atom stereocenters. The summed E-state index contributed by atoms with van der Waals surface area (Å²) in [6.07, 6.45) is -5.02. The molecule has 0 bridgehead atoms. The standard InChI is InChI=1S/C18H14F3NO5S/c1-2-9-28(24,25)27-22-16(18(19,20)21)14-10-13-12-6-4-3-5-11(12)7-8-15(13)26-17(14)23/h3-8,10H,2,9H2,1H3/b22-16+. The highest BCUT2D eigenvalue weighted by Crippen LogP contribution is 2.28. The molecule has 148 valence electrons. The van der Waals surface area contributed by atoms with Crippen LogP contribution in [0, 0.1) is 0 Å². The summed E-state index contributed by atoms with van der Waals surface area (Å²) in [7, 11) is -4.31. The average molecular weight is 413 g/mol. The third-order valence-corrected chi connectivity index (χ3v) is 5.07. The van der Waals surface area contributed by atoms with Gasteiger partial charge in [0.2, 0.25) is 0 Å². The van der Waals surface area contributed by atoms with Crippen LogP contribution in [0.5, 0.6) is 0 Å². The number of hydrogen-bond acceptors (Lipinski definition) is 6. The van der Waals surface area contributed by atoms with Crippen LogP contribution in [-0.4, -0.2) is 26.1 Å². The van der Waals surface area contributed by atoms with Gasteiger partial charge < -0.3 is 4.42 Å². The number of rotatable bonds is 5. The average Bonchev–Trinajstić information content (AvgIpc) is 2.61. The van der Waals surface area contributed by atoms with Gasteiger partial charge in [-0.25, -0.2) is 4.79 Å². The van der Waals surface area contributed by atoms with Gasteiger partial charge >= 0.3 is 21.9 Å². The Morgan fingerprint density at radius 2 is 1.86 bits per heavy atom. The molecule has 0 saturated heterocycles. The first-order valence-corrected chi connectivity index (χ1v) is 9.72. The van der Waals surface area contributed by atoms with E-state index in [1.54, 1.807) is 30.3 Å². The quantitative estimate of drug-likeness (QED) is 0.273. The third kappa shape index (κ3) is 4.01. The summed E-state index contributed by atoms with van der Waals surface area (Å²) in [5.41, 5.74) is -3.94. The van der Waals surface area contributed by atoms with Crippen molar-refractivity contribution in [2.75, 3.05) is 5.75 Å². The molecule has 0 amide bonds. The molecule has 3 aromatic rings. The molecule has 0 aliphatic heterocycles. The number of benzene rings is 2. The number of nitrogens with zero attached hydrogens (tertiary/aromatic N) is 1. The summed E-state index contributed by atoms with van der Waals surface area (Å²) in [6.45, 7) is 1.51.